The van der Waals surface area contributed by atoms with Gasteiger partial charge in [0.05, 0.1) is 11.3 Å². The van der Waals surface area contributed by atoms with E-state index in [1.165, 1.54) is 29.3 Å². The molecule has 0 bridgehead atoms. The van der Waals surface area contributed by atoms with Crippen LogP contribution in [0.1, 0.15) is 53.1 Å². The largest absolute Gasteiger partial charge is 0.511 e. The lowest BCUT2D eigenvalue weighted by atomic mass is 9.82. The Balaban J connectivity index is 1.38. The second-order valence-electron chi connectivity index (χ2n) is 9.02. The average Bonchev–Trinajstić information content (AvgIpc) is 3.15. The van der Waals surface area contributed by atoms with Gasteiger partial charge < -0.3 is 10.0 Å². The fraction of sp³-hybridized carbons (Fsp3) is 0.269. The van der Waals surface area contributed by atoms with Gasteiger partial charge in [0.1, 0.15) is 17.6 Å². The molecule has 36 heavy (non-hydrogen) atoms. The minimum absolute atomic E-state index is 0.00135. The molecule has 0 spiro atoms. The molecule has 1 fully saturated rings. The van der Waals surface area contributed by atoms with Crippen molar-refractivity contribution in [3.05, 3.63) is 75.3 Å². The predicted molar refractivity (Wildman–Crippen MR) is 129 cm³/mol. The number of allylic oxidation sites excluding steroid dienone is 2. The van der Waals surface area contributed by atoms with Crippen LogP contribution in [0.2, 0.25) is 5.02 Å². The van der Waals surface area contributed by atoms with Gasteiger partial charge in [0.2, 0.25) is 11.8 Å². The molecule has 1 aliphatic carbocycles. The van der Waals surface area contributed by atoms with E-state index in [9.17, 15) is 28.7 Å². The quantitative estimate of drug-likeness (QED) is 0.479. The van der Waals surface area contributed by atoms with Crippen molar-refractivity contribution in [1.29, 1.82) is 0 Å². The number of imide groups is 1. The fourth-order valence-corrected chi connectivity index (χ4v) is 5.09. The molecule has 2 aliphatic heterocycles. The molecule has 2 aromatic carbocycles. The zero-order valence-electron chi connectivity index (χ0n) is 19.0. The van der Waals surface area contributed by atoms with Crippen LogP contribution in [0.3, 0.4) is 0 Å². The summed E-state index contributed by atoms with van der Waals surface area (Å²) >= 11 is 5.81. The summed E-state index contributed by atoms with van der Waals surface area (Å²) < 4.78 is 14.3. The van der Waals surface area contributed by atoms with Crippen LogP contribution < -0.4 is 5.32 Å². The molecule has 2 aromatic rings. The highest BCUT2D eigenvalue weighted by atomic mass is 35.5. The Bertz CT molecular complexity index is 1390. The first-order valence-corrected chi connectivity index (χ1v) is 11.8. The maximum Gasteiger partial charge on any atom is 0.255 e. The maximum atomic E-state index is 14.3. The molecule has 5 rings (SSSR count). The number of hydrogen-bond acceptors (Lipinski definition) is 6. The van der Waals surface area contributed by atoms with Crippen LogP contribution in [0.15, 0.2) is 52.7 Å². The minimum Gasteiger partial charge on any atom is -0.511 e. The van der Waals surface area contributed by atoms with E-state index in [1.54, 1.807) is 18.2 Å². The summed E-state index contributed by atoms with van der Waals surface area (Å²) in [6.07, 6.45) is 1.73. The number of amides is 3. The van der Waals surface area contributed by atoms with Crippen LogP contribution in [0.5, 0.6) is 0 Å². The number of nitrogens with one attached hydrogen (secondary N) is 1. The molecule has 184 valence electrons. The lowest BCUT2D eigenvalue weighted by Crippen LogP contribution is -2.52. The van der Waals surface area contributed by atoms with Gasteiger partial charge in [-0.2, -0.15) is 0 Å². The van der Waals surface area contributed by atoms with Crippen LogP contribution in [0.25, 0.3) is 0 Å². The topological polar surface area (TPSA) is 116 Å². The van der Waals surface area contributed by atoms with Crippen molar-refractivity contribution in [2.24, 2.45) is 4.99 Å². The number of aliphatic hydroxyl groups excluding tert-OH is 1. The van der Waals surface area contributed by atoms with Gasteiger partial charge in [0.15, 0.2) is 5.78 Å². The third-order valence-electron chi connectivity index (χ3n) is 6.78. The number of ketones is 1. The monoisotopic (exact) mass is 509 g/mol. The van der Waals surface area contributed by atoms with Crippen molar-refractivity contribution in [3.8, 4) is 0 Å². The van der Waals surface area contributed by atoms with E-state index >= 15 is 0 Å². The number of carbonyl (C=O) groups is 4. The summed E-state index contributed by atoms with van der Waals surface area (Å²) in [5, 5.41) is 13.1. The number of Topliss-reactive ketones (excluding diaryl/α,β-unsaturated/α-hetero) is 1. The molecule has 10 heteroatoms. The van der Waals surface area contributed by atoms with Crippen LogP contribution in [0.4, 0.5) is 10.1 Å². The van der Waals surface area contributed by atoms with Crippen LogP contribution in [-0.4, -0.2) is 45.8 Å². The number of piperidine rings is 1. The number of aliphatic hydroxyl groups is 1. The van der Waals surface area contributed by atoms with Gasteiger partial charge in [-0.25, -0.2) is 4.39 Å². The molecule has 3 aliphatic rings. The Hall–Kier alpha value is -3.85. The molecule has 2 atom stereocenters. The summed E-state index contributed by atoms with van der Waals surface area (Å²) in [5.74, 6) is -2.83. The number of benzene rings is 2. The van der Waals surface area contributed by atoms with E-state index in [2.05, 4.69) is 10.3 Å². The number of fused-ring (bicyclic) bond motifs is 1. The SMILES string of the molecule is O=C1CCC(N2Cc3c(N=CC4=C(O)CC(c5ccc(Cl)cc5F)CC4=O)cccc3C2=O)C(=O)N1. The van der Waals surface area contributed by atoms with Crippen molar-refractivity contribution < 1.29 is 28.7 Å². The van der Waals surface area contributed by atoms with E-state index < -0.39 is 23.7 Å². The minimum atomic E-state index is -0.753. The normalized spacial score (nSPS) is 22.4. The number of aliphatic imine (C=N–C) groups is 1. The van der Waals surface area contributed by atoms with Gasteiger partial charge in [-0.1, -0.05) is 23.7 Å². The van der Waals surface area contributed by atoms with Crippen molar-refractivity contribution in [2.45, 2.75) is 44.2 Å². The van der Waals surface area contributed by atoms with Gasteiger partial charge in [-0.15, -0.1) is 0 Å². The number of nitrogens with zero attached hydrogens (tertiary/aromatic N) is 2. The lowest BCUT2D eigenvalue weighted by Gasteiger charge is -2.29. The second kappa shape index (κ2) is 9.31. The van der Waals surface area contributed by atoms with Crippen molar-refractivity contribution in [1.82, 2.24) is 10.2 Å². The zero-order valence-corrected chi connectivity index (χ0v) is 19.7. The molecular weight excluding hydrogens is 489 g/mol. The van der Waals surface area contributed by atoms with E-state index in [0.29, 0.717) is 22.4 Å². The van der Waals surface area contributed by atoms with Gasteiger partial charge in [-0.05, 0) is 36.2 Å². The van der Waals surface area contributed by atoms with E-state index in [4.69, 9.17) is 11.6 Å². The highest BCUT2D eigenvalue weighted by molar-refractivity contribution is 6.30. The van der Waals surface area contributed by atoms with Crippen molar-refractivity contribution in [2.75, 3.05) is 0 Å². The van der Waals surface area contributed by atoms with Gasteiger partial charge in [0, 0.05) is 54.1 Å². The molecule has 0 saturated carbocycles. The van der Waals surface area contributed by atoms with Crippen LogP contribution in [-0.2, 0) is 20.9 Å². The summed E-state index contributed by atoms with van der Waals surface area (Å²) in [6, 6.07) is 8.43. The van der Waals surface area contributed by atoms with Crippen LogP contribution in [0, 0.1) is 5.82 Å². The molecule has 3 amide bonds. The van der Waals surface area contributed by atoms with Crippen LogP contribution >= 0.6 is 11.6 Å². The van der Waals surface area contributed by atoms with E-state index in [0.717, 1.165) is 0 Å². The summed E-state index contributed by atoms with van der Waals surface area (Å²) in [6.45, 7) is 0.130. The first-order valence-electron chi connectivity index (χ1n) is 11.4. The number of hydrogen-bond donors (Lipinski definition) is 2. The third kappa shape index (κ3) is 4.30. The maximum absolute atomic E-state index is 14.3. The molecule has 0 aromatic heterocycles. The molecular formula is C26H21ClFN3O5. The molecule has 2 N–H and O–H groups in total. The standard InChI is InChI=1S/C26H21ClFN3O5/c27-14-4-5-15(19(28)10-14)13-8-22(32)17(23(33)9-13)11-29-20-3-1-2-16-18(20)12-31(26(16)36)21-6-7-24(34)30-25(21)35/h1-5,10-11,13,21,32H,6-9,12H2,(H,30,34,35). The van der Waals surface area contributed by atoms with Gasteiger partial charge in [0.25, 0.3) is 5.91 Å². The van der Waals surface area contributed by atoms with Crippen molar-refractivity contribution >= 4 is 47.0 Å². The number of halogens is 2. The Labute approximate surface area is 210 Å². The lowest BCUT2D eigenvalue weighted by molar-refractivity contribution is -0.137. The van der Waals surface area contributed by atoms with E-state index in [1.807, 2.05) is 0 Å². The Morgan fingerprint density at radius 3 is 2.67 bits per heavy atom. The van der Waals surface area contributed by atoms with Gasteiger partial charge >= 0.3 is 0 Å². The Morgan fingerprint density at radius 2 is 1.94 bits per heavy atom. The van der Waals surface area contributed by atoms with Gasteiger partial charge in [-0.3, -0.25) is 29.5 Å². The molecule has 0 radical (unpaired) electrons. The molecule has 1 saturated heterocycles. The van der Waals surface area contributed by atoms with E-state index in [-0.39, 0.29) is 66.2 Å². The summed E-state index contributed by atoms with van der Waals surface area (Å²) in [5.41, 5.74) is 1.75. The first-order chi connectivity index (χ1) is 17.2. The number of carbonyl (C=O) groups excluding carboxylic acids is 4. The molecule has 8 nitrogen and oxygen atoms in total. The fourth-order valence-electron chi connectivity index (χ4n) is 4.93. The smallest absolute Gasteiger partial charge is 0.255 e. The Kier molecular flexibility index (Phi) is 6.17. The molecule has 2 heterocycles. The van der Waals surface area contributed by atoms with Crippen molar-refractivity contribution in [3.63, 3.8) is 0 Å². The number of rotatable bonds is 4. The average molecular weight is 510 g/mol. The molecule has 2 unspecified atom stereocenters. The summed E-state index contributed by atoms with van der Waals surface area (Å²) in [7, 11) is 0. The highest BCUT2D eigenvalue weighted by Gasteiger charge is 2.40. The predicted octanol–water partition coefficient (Wildman–Crippen LogP) is 3.90. The summed E-state index contributed by atoms with van der Waals surface area (Å²) in [4.78, 5) is 55.3. The third-order valence-corrected chi connectivity index (χ3v) is 7.01. The zero-order chi connectivity index (χ0) is 25.6. The first kappa shape index (κ1) is 23.9. The highest BCUT2D eigenvalue weighted by Crippen LogP contribution is 2.37. The Morgan fingerprint density at radius 1 is 1.14 bits per heavy atom. The second-order valence-corrected chi connectivity index (χ2v) is 9.45.